The molecule has 1 fully saturated rings. The second-order valence-electron chi connectivity index (χ2n) is 5.41. The first-order chi connectivity index (χ1) is 9.88. The number of halogens is 4. The van der Waals surface area contributed by atoms with Gasteiger partial charge in [0.2, 0.25) is 0 Å². The van der Waals surface area contributed by atoms with E-state index in [2.05, 4.69) is 5.32 Å². The zero-order chi connectivity index (χ0) is 15.5. The highest BCUT2D eigenvalue weighted by molar-refractivity contribution is 5.94. The Bertz CT molecular complexity index is 507. The van der Waals surface area contributed by atoms with Crippen molar-refractivity contribution >= 4 is 5.91 Å². The van der Waals surface area contributed by atoms with Gasteiger partial charge in [-0.25, -0.2) is 4.39 Å². The van der Waals surface area contributed by atoms with Gasteiger partial charge in [0.15, 0.2) is 0 Å². The number of hydrogen-bond acceptors (Lipinski definition) is 1. The minimum atomic E-state index is -4.80. The minimum absolute atomic E-state index is 0.167. The molecule has 1 aromatic carbocycles. The molecule has 6 heteroatoms. The monoisotopic (exact) mass is 303 g/mol. The van der Waals surface area contributed by atoms with E-state index in [4.69, 9.17) is 0 Å². The summed E-state index contributed by atoms with van der Waals surface area (Å²) in [7, 11) is 0. The Morgan fingerprint density at radius 2 is 1.86 bits per heavy atom. The molecule has 1 amide bonds. The molecule has 0 aromatic heterocycles. The summed E-state index contributed by atoms with van der Waals surface area (Å²) in [5.74, 6) is -1.58. The molecular weight excluding hydrogens is 286 g/mol. The molecule has 0 radical (unpaired) electrons. The number of carbonyl (C=O) groups is 1. The third-order valence-corrected chi connectivity index (χ3v) is 3.81. The number of rotatable bonds is 3. The molecule has 0 aliphatic heterocycles. The van der Waals surface area contributed by atoms with E-state index >= 15 is 0 Å². The number of nitrogens with one attached hydrogen (secondary N) is 1. The van der Waals surface area contributed by atoms with Gasteiger partial charge in [-0.2, -0.15) is 13.2 Å². The van der Waals surface area contributed by atoms with Crippen molar-refractivity contribution in [3.63, 3.8) is 0 Å². The van der Waals surface area contributed by atoms with Crippen LogP contribution in [0.15, 0.2) is 18.2 Å². The fourth-order valence-electron chi connectivity index (χ4n) is 2.61. The van der Waals surface area contributed by atoms with Crippen molar-refractivity contribution < 1.29 is 22.4 Å². The molecule has 1 aliphatic rings. The van der Waals surface area contributed by atoms with Crippen LogP contribution in [0.2, 0.25) is 0 Å². The van der Waals surface area contributed by atoms with E-state index in [1.807, 2.05) is 0 Å². The molecule has 0 spiro atoms. The topological polar surface area (TPSA) is 29.1 Å². The molecule has 1 aliphatic carbocycles. The lowest BCUT2D eigenvalue weighted by Gasteiger charge is -2.21. The van der Waals surface area contributed by atoms with Gasteiger partial charge in [-0.3, -0.25) is 4.79 Å². The van der Waals surface area contributed by atoms with Crippen LogP contribution in [0.1, 0.15) is 48.0 Å². The molecule has 0 bridgehead atoms. The summed E-state index contributed by atoms with van der Waals surface area (Å²) in [4.78, 5) is 11.9. The molecule has 1 saturated carbocycles. The molecule has 1 N–H and O–H groups in total. The Hall–Kier alpha value is -1.59. The van der Waals surface area contributed by atoms with Gasteiger partial charge in [-0.1, -0.05) is 19.3 Å². The lowest BCUT2D eigenvalue weighted by atomic mass is 9.89. The van der Waals surface area contributed by atoms with Crippen LogP contribution in [0.3, 0.4) is 0 Å². The van der Waals surface area contributed by atoms with Crippen LogP contribution in [-0.2, 0) is 6.18 Å². The lowest BCUT2D eigenvalue weighted by Crippen LogP contribution is -2.30. The summed E-state index contributed by atoms with van der Waals surface area (Å²) in [6.07, 6.45) is 0.681. The average molecular weight is 303 g/mol. The number of hydrogen-bond donors (Lipinski definition) is 1. The van der Waals surface area contributed by atoms with Crippen molar-refractivity contribution in [2.45, 2.75) is 38.3 Å². The quantitative estimate of drug-likeness (QED) is 0.835. The fraction of sp³-hybridized carbons (Fsp3) is 0.533. The Morgan fingerprint density at radius 3 is 2.48 bits per heavy atom. The van der Waals surface area contributed by atoms with Crippen molar-refractivity contribution in [2.75, 3.05) is 6.54 Å². The summed E-state index contributed by atoms with van der Waals surface area (Å²) >= 11 is 0. The fourth-order valence-corrected chi connectivity index (χ4v) is 2.61. The third kappa shape index (κ3) is 4.19. The maximum absolute atomic E-state index is 13.2. The van der Waals surface area contributed by atoms with Crippen molar-refractivity contribution in [3.8, 4) is 0 Å². The van der Waals surface area contributed by atoms with E-state index in [-0.39, 0.29) is 5.56 Å². The smallest absolute Gasteiger partial charge is 0.352 e. The van der Waals surface area contributed by atoms with Crippen LogP contribution in [0, 0.1) is 11.7 Å². The molecule has 116 valence electrons. The maximum Gasteiger partial charge on any atom is 0.419 e. The summed E-state index contributed by atoms with van der Waals surface area (Å²) in [5, 5.41) is 2.64. The molecule has 0 saturated heterocycles. The predicted molar refractivity (Wildman–Crippen MR) is 70.3 cm³/mol. The Balaban J connectivity index is 2.02. The van der Waals surface area contributed by atoms with Gasteiger partial charge >= 0.3 is 6.18 Å². The number of benzene rings is 1. The summed E-state index contributed by atoms with van der Waals surface area (Å²) in [5.41, 5.74) is -1.58. The van der Waals surface area contributed by atoms with E-state index < -0.39 is 23.5 Å². The van der Waals surface area contributed by atoms with E-state index in [1.165, 1.54) is 6.42 Å². The zero-order valence-corrected chi connectivity index (χ0v) is 11.5. The van der Waals surface area contributed by atoms with E-state index in [9.17, 15) is 22.4 Å². The molecular formula is C15H17F4NO. The summed E-state index contributed by atoms with van der Waals surface area (Å²) in [6, 6.07) is 2.31. The maximum atomic E-state index is 13.2. The van der Waals surface area contributed by atoms with E-state index in [0.717, 1.165) is 31.7 Å². The first kappa shape index (κ1) is 15.8. The molecule has 0 atom stereocenters. The van der Waals surface area contributed by atoms with Crippen LogP contribution in [0.4, 0.5) is 17.6 Å². The molecule has 1 aromatic rings. The lowest BCUT2D eigenvalue weighted by molar-refractivity contribution is -0.140. The van der Waals surface area contributed by atoms with Crippen molar-refractivity contribution in [1.29, 1.82) is 0 Å². The standard InChI is InChI=1S/C15H17F4NO/c16-13-7-6-11(8-12(13)15(17,18)19)14(21)20-9-10-4-2-1-3-5-10/h6-8,10H,1-5,9H2,(H,20,21). The number of carbonyl (C=O) groups excluding carboxylic acids is 1. The van der Waals surface area contributed by atoms with Gasteiger partial charge in [0.1, 0.15) is 5.82 Å². The van der Waals surface area contributed by atoms with Crippen LogP contribution >= 0.6 is 0 Å². The van der Waals surface area contributed by atoms with Gasteiger partial charge in [0, 0.05) is 12.1 Å². The molecule has 21 heavy (non-hydrogen) atoms. The largest absolute Gasteiger partial charge is 0.419 e. The SMILES string of the molecule is O=C(NCC1CCCCC1)c1ccc(F)c(C(F)(F)F)c1. The summed E-state index contributed by atoms with van der Waals surface area (Å²) < 4.78 is 50.9. The number of amides is 1. The van der Waals surface area contributed by atoms with Crippen LogP contribution in [0.25, 0.3) is 0 Å². The van der Waals surface area contributed by atoms with Gasteiger partial charge in [-0.15, -0.1) is 0 Å². The first-order valence-corrected chi connectivity index (χ1v) is 7.03. The van der Waals surface area contributed by atoms with Crippen LogP contribution in [-0.4, -0.2) is 12.5 Å². The second kappa shape index (κ2) is 6.45. The molecule has 2 nitrogen and oxygen atoms in total. The van der Waals surface area contributed by atoms with Crippen molar-refractivity contribution in [1.82, 2.24) is 5.32 Å². The average Bonchev–Trinajstić information content (AvgIpc) is 2.45. The second-order valence-corrected chi connectivity index (χ2v) is 5.41. The highest BCUT2D eigenvalue weighted by atomic mass is 19.4. The van der Waals surface area contributed by atoms with Gasteiger partial charge in [-0.05, 0) is 37.0 Å². The number of alkyl halides is 3. The Morgan fingerprint density at radius 1 is 1.19 bits per heavy atom. The van der Waals surface area contributed by atoms with Crippen molar-refractivity contribution in [2.24, 2.45) is 5.92 Å². The van der Waals surface area contributed by atoms with Crippen LogP contribution in [0.5, 0.6) is 0 Å². The van der Waals surface area contributed by atoms with Gasteiger partial charge < -0.3 is 5.32 Å². The highest BCUT2D eigenvalue weighted by Crippen LogP contribution is 2.32. The van der Waals surface area contributed by atoms with Gasteiger partial charge in [0.25, 0.3) is 5.91 Å². The highest BCUT2D eigenvalue weighted by Gasteiger charge is 2.34. The van der Waals surface area contributed by atoms with Gasteiger partial charge in [0.05, 0.1) is 5.56 Å². The third-order valence-electron chi connectivity index (χ3n) is 3.81. The predicted octanol–water partition coefficient (Wildman–Crippen LogP) is 4.15. The van der Waals surface area contributed by atoms with E-state index in [0.29, 0.717) is 24.6 Å². The Labute approximate surface area is 120 Å². The normalized spacial score (nSPS) is 16.8. The van der Waals surface area contributed by atoms with Crippen LogP contribution < -0.4 is 5.32 Å². The molecule has 0 heterocycles. The van der Waals surface area contributed by atoms with E-state index in [1.54, 1.807) is 0 Å². The zero-order valence-electron chi connectivity index (χ0n) is 11.5. The molecule has 2 rings (SSSR count). The van der Waals surface area contributed by atoms with Crippen molar-refractivity contribution in [3.05, 3.63) is 35.1 Å². The summed E-state index contributed by atoms with van der Waals surface area (Å²) in [6.45, 7) is 0.456. The Kier molecular flexibility index (Phi) is 4.85. The first-order valence-electron chi connectivity index (χ1n) is 7.03. The molecule has 0 unspecified atom stereocenters. The minimum Gasteiger partial charge on any atom is -0.352 e.